The number of hydrogen-bond acceptors (Lipinski definition) is 3. The van der Waals surface area contributed by atoms with Gasteiger partial charge in [0.1, 0.15) is 0 Å². The van der Waals surface area contributed by atoms with Gasteiger partial charge in [0.2, 0.25) is 10.0 Å². The minimum absolute atomic E-state index is 0.281. The third-order valence-electron chi connectivity index (χ3n) is 2.50. The molecule has 1 aromatic carbocycles. The second-order valence-corrected chi connectivity index (χ2v) is 8.50. The molecule has 0 saturated carbocycles. The molecule has 0 aliphatic heterocycles. The van der Waals surface area contributed by atoms with E-state index in [2.05, 4.69) is 36.6 Å². The molecule has 0 amide bonds. The molecule has 0 spiro atoms. The Hall–Kier alpha value is -0.210. The van der Waals surface area contributed by atoms with Crippen LogP contribution in [0.4, 0.5) is 0 Å². The Morgan fingerprint density at radius 3 is 2.58 bits per heavy atom. The van der Waals surface area contributed by atoms with Gasteiger partial charge in [0.05, 0.1) is 4.90 Å². The number of halogens is 2. The van der Waals surface area contributed by atoms with Gasteiger partial charge in [0.15, 0.2) is 0 Å². The Balaban J connectivity index is 2.16. The van der Waals surface area contributed by atoms with Crippen molar-refractivity contribution in [2.24, 2.45) is 0 Å². The average Bonchev–Trinajstić information content (AvgIpc) is 2.76. The number of aryl methyl sites for hydroxylation is 1. The van der Waals surface area contributed by atoms with Gasteiger partial charge >= 0.3 is 0 Å². The van der Waals surface area contributed by atoms with E-state index in [1.807, 2.05) is 18.4 Å². The highest BCUT2D eigenvalue weighted by atomic mass is 79.9. The molecule has 3 nitrogen and oxygen atoms in total. The summed E-state index contributed by atoms with van der Waals surface area (Å²) in [6.45, 7) is 2.16. The van der Waals surface area contributed by atoms with Crippen LogP contribution in [0.1, 0.15) is 10.4 Å². The minimum Gasteiger partial charge on any atom is -0.207 e. The fourth-order valence-electron chi connectivity index (χ4n) is 1.48. The van der Waals surface area contributed by atoms with Crippen LogP contribution in [0, 0.1) is 6.92 Å². The van der Waals surface area contributed by atoms with E-state index in [0.717, 1.165) is 19.4 Å². The van der Waals surface area contributed by atoms with E-state index in [1.54, 1.807) is 18.2 Å². The molecule has 19 heavy (non-hydrogen) atoms. The quantitative estimate of drug-likeness (QED) is 0.804. The Morgan fingerprint density at radius 1 is 1.26 bits per heavy atom. The van der Waals surface area contributed by atoms with E-state index in [-0.39, 0.29) is 4.90 Å². The van der Waals surface area contributed by atoms with E-state index >= 15 is 0 Å². The van der Waals surface area contributed by atoms with Gasteiger partial charge in [-0.1, -0.05) is 15.9 Å². The van der Waals surface area contributed by atoms with Crippen molar-refractivity contribution in [3.05, 3.63) is 49.0 Å². The van der Waals surface area contributed by atoms with E-state index in [0.29, 0.717) is 6.54 Å². The fourth-order valence-corrected chi connectivity index (χ4v) is 4.30. The molecule has 7 heteroatoms. The molecule has 1 N–H and O–H groups in total. The molecular weight excluding hydrogens is 414 g/mol. The minimum atomic E-state index is -3.47. The van der Waals surface area contributed by atoms with Crippen molar-refractivity contribution in [1.29, 1.82) is 0 Å². The summed E-state index contributed by atoms with van der Waals surface area (Å²) in [5.74, 6) is 0. The van der Waals surface area contributed by atoms with Gasteiger partial charge in [-0.05, 0) is 52.7 Å². The Morgan fingerprint density at radius 2 is 2.00 bits per heavy atom. The van der Waals surface area contributed by atoms with E-state index in [4.69, 9.17) is 0 Å². The van der Waals surface area contributed by atoms with Gasteiger partial charge in [0.25, 0.3) is 0 Å². The topological polar surface area (TPSA) is 46.2 Å². The molecule has 1 aromatic heterocycles. The molecule has 0 atom stereocenters. The first-order chi connectivity index (χ1) is 8.88. The second kappa shape index (κ2) is 6.05. The molecule has 0 unspecified atom stereocenters. The highest BCUT2D eigenvalue weighted by molar-refractivity contribution is 9.10. The average molecular weight is 425 g/mol. The highest BCUT2D eigenvalue weighted by Crippen LogP contribution is 2.22. The van der Waals surface area contributed by atoms with Crippen LogP contribution < -0.4 is 4.72 Å². The summed E-state index contributed by atoms with van der Waals surface area (Å²) in [5.41, 5.74) is 0.891. The van der Waals surface area contributed by atoms with Gasteiger partial charge in [-0.15, -0.1) is 11.3 Å². The Labute approximate surface area is 133 Å². The molecule has 0 saturated heterocycles. The molecule has 2 aromatic rings. The lowest BCUT2D eigenvalue weighted by Gasteiger charge is -2.07. The standard InChI is InChI=1S/C12H11Br2NO2S2/c1-8-4-11(2-3-12(8)14)19(16,17)15-6-10-5-9(13)7-18-10/h2-5,7,15H,6H2,1H3. The van der Waals surface area contributed by atoms with Gasteiger partial charge in [0, 0.05) is 25.7 Å². The first kappa shape index (κ1) is 15.2. The zero-order valence-corrected chi connectivity index (χ0v) is 14.8. The number of sulfonamides is 1. The predicted molar refractivity (Wildman–Crippen MR) is 84.9 cm³/mol. The summed E-state index contributed by atoms with van der Waals surface area (Å²) in [7, 11) is -3.47. The predicted octanol–water partition coefficient (Wildman–Crippen LogP) is 4.06. The fraction of sp³-hybridized carbons (Fsp3) is 0.167. The summed E-state index contributed by atoms with van der Waals surface area (Å²) in [4.78, 5) is 1.24. The zero-order valence-electron chi connectivity index (χ0n) is 9.98. The molecule has 0 radical (unpaired) electrons. The van der Waals surface area contributed by atoms with Crippen LogP contribution in [0.2, 0.25) is 0 Å². The summed E-state index contributed by atoms with van der Waals surface area (Å²) in [5, 5.41) is 1.92. The lowest BCUT2D eigenvalue weighted by atomic mass is 10.2. The van der Waals surface area contributed by atoms with Crippen LogP contribution in [0.25, 0.3) is 0 Å². The lowest BCUT2D eigenvalue weighted by molar-refractivity contribution is 0.581. The van der Waals surface area contributed by atoms with Crippen molar-refractivity contribution in [2.75, 3.05) is 0 Å². The van der Waals surface area contributed by atoms with Crippen molar-refractivity contribution in [3.8, 4) is 0 Å². The van der Waals surface area contributed by atoms with Crippen molar-refractivity contribution < 1.29 is 8.42 Å². The molecule has 102 valence electrons. The van der Waals surface area contributed by atoms with Gasteiger partial charge in [-0.2, -0.15) is 0 Å². The maximum absolute atomic E-state index is 12.1. The molecule has 0 aliphatic rings. The molecule has 0 bridgehead atoms. The lowest BCUT2D eigenvalue weighted by Crippen LogP contribution is -2.22. The SMILES string of the molecule is Cc1cc(S(=O)(=O)NCc2cc(Br)cs2)ccc1Br. The largest absolute Gasteiger partial charge is 0.240 e. The summed E-state index contributed by atoms with van der Waals surface area (Å²) < 4.78 is 28.7. The van der Waals surface area contributed by atoms with Crippen molar-refractivity contribution in [2.45, 2.75) is 18.4 Å². The monoisotopic (exact) mass is 423 g/mol. The molecule has 1 heterocycles. The van der Waals surface area contributed by atoms with Gasteiger partial charge < -0.3 is 0 Å². The van der Waals surface area contributed by atoms with Crippen molar-refractivity contribution in [1.82, 2.24) is 4.72 Å². The third kappa shape index (κ3) is 3.88. The summed E-state index contributed by atoms with van der Waals surface area (Å²) in [6, 6.07) is 6.88. The normalized spacial score (nSPS) is 11.7. The first-order valence-corrected chi connectivity index (χ1v) is 9.32. The van der Waals surface area contributed by atoms with Crippen molar-refractivity contribution >= 4 is 53.2 Å². The van der Waals surface area contributed by atoms with Crippen LogP contribution in [0.15, 0.2) is 43.5 Å². The molecule has 2 rings (SSSR count). The smallest absolute Gasteiger partial charge is 0.207 e. The highest BCUT2D eigenvalue weighted by Gasteiger charge is 2.14. The van der Waals surface area contributed by atoms with Gasteiger partial charge in [-0.3, -0.25) is 0 Å². The Kier molecular flexibility index (Phi) is 4.84. The van der Waals surface area contributed by atoms with Crippen LogP contribution in [0.5, 0.6) is 0 Å². The van der Waals surface area contributed by atoms with Crippen molar-refractivity contribution in [3.63, 3.8) is 0 Å². The van der Waals surface area contributed by atoms with E-state index in [1.165, 1.54) is 11.3 Å². The van der Waals surface area contributed by atoms with Crippen LogP contribution in [0.3, 0.4) is 0 Å². The maximum atomic E-state index is 12.1. The summed E-state index contributed by atoms with van der Waals surface area (Å²) >= 11 is 8.21. The maximum Gasteiger partial charge on any atom is 0.240 e. The number of rotatable bonds is 4. The Bertz CT molecular complexity index is 696. The van der Waals surface area contributed by atoms with Crippen LogP contribution in [-0.4, -0.2) is 8.42 Å². The molecule has 0 fully saturated rings. The number of benzene rings is 1. The van der Waals surface area contributed by atoms with Crippen LogP contribution >= 0.6 is 43.2 Å². The number of thiophene rings is 1. The van der Waals surface area contributed by atoms with E-state index < -0.39 is 10.0 Å². The second-order valence-electron chi connectivity index (χ2n) is 3.97. The number of nitrogens with one attached hydrogen (secondary N) is 1. The zero-order chi connectivity index (χ0) is 14.0. The van der Waals surface area contributed by atoms with Gasteiger partial charge in [-0.25, -0.2) is 13.1 Å². The van der Waals surface area contributed by atoms with E-state index in [9.17, 15) is 8.42 Å². The first-order valence-electron chi connectivity index (χ1n) is 5.37. The molecular formula is C12H11Br2NO2S2. The third-order valence-corrected chi connectivity index (χ3v) is 6.48. The molecule has 0 aliphatic carbocycles. The number of hydrogen-bond donors (Lipinski definition) is 1. The van der Waals surface area contributed by atoms with Crippen LogP contribution in [-0.2, 0) is 16.6 Å². The summed E-state index contributed by atoms with van der Waals surface area (Å²) in [6.07, 6.45) is 0.